The van der Waals surface area contributed by atoms with Crippen molar-refractivity contribution in [3.63, 3.8) is 0 Å². The molecule has 0 aliphatic carbocycles. The molecule has 0 bridgehead atoms. The standard InChI is InChI=1S/C22H24N2O2S/c25-21(20-15-17-10-4-5-11-19(17)27-20)23-18(14-16-8-2-1-3-9-16)22(26)24-12-6-7-13-24/h1-5,8-11,18,20H,6-7,12-15H2,(H,23,25). The Hall–Kier alpha value is -2.27. The third kappa shape index (κ3) is 4.19. The summed E-state index contributed by atoms with van der Waals surface area (Å²) in [5.74, 6) is 0.00916. The number of thioether (sulfide) groups is 1. The van der Waals surface area contributed by atoms with Gasteiger partial charge in [0.1, 0.15) is 6.04 Å². The van der Waals surface area contributed by atoms with Gasteiger partial charge in [0.25, 0.3) is 0 Å². The van der Waals surface area contributed by atoms with Crippen LogP contribution in [0.3, 0.4) is 0 Å². The van der Waals surface area contributed by atoms with Crippen LogP contribution in [-0.4, -0.2) is 41.1 Å². The molecule has 2 aromatic rings. The molecule has 140 valence electrons. The van der Waals surface area contributed by atoms with Crippen LogP contribution in [0.15, 0.2) is 59.5 Å². The molecule has 2 atom stereocenters. The second kappa shape index (κ2) is 8.17. The summed E-state index contributed by atoms with van der Waals surface area (Å²) in [4.78, 5) is 29.0. The molecular weight excluding hydrogens is 356 g/mol. The number of rotatable bonds is 5. The minimum absolute atomic E-state index is 0.0373. The molecule has 2 unspecified atom stereocenters. The molecule has 4 nitrogen and oxygen atoms in total. The number of likely N-dealkylation sites (tertiary alicyclic amines) is 1. The zero-order valence-corrected chi connectivity index (χ0v) is 16.1. The van der Waals surface area contributed by atoms with Crippen LogP contribution in [0.4, 0.5) is 0 Å². The quantitative estimate of drug-likeness (QED) is 0.867. The Balaban J connectivity index is 1.47. The first-order valence-electron chi connectivity index (χ1n) is 9.58. The minimum atomic E-state index is -0.498. The summed E-state index contributed by atoms with van der Waals surface area (Å²) in [7, 11) is 0. The lowest BCUT2D eigenvalue weighted by Gasteiger charge is -2.25. The molecule has 1 saturated heterocycles. The van der Waals surface area contributed by atoms with Crippen molar-refractivity contribution in [3.05, 3.63) is 65.7 Å². The average Bonchev–Trinajstić information content (AvgIpc) is 3.37. The number of nitrogens with one attached hydrogen (secondary N) is 1. The van der Waals surface area contributed by atoms with E-state index in [2.05, 4.69) is 17.4 Å². The number of hydrogen-bond donors (Lipinski definition) is 1. The summed E-state index contributed by atoms with van der Waals surface area (Å²) < 4.78 is 0. The molecule has 0 radical (unpaired) electrons. The van der Waals surface area contributed by atoms with E-state index in [-0.39, 0.29) is 17.1 Å². The maximum atomic E-state index is 13.0. The molecule has 2 aliphatic heterocycles. The molecule has 1 N–H and O–H groups in total. The SMILES string of the molecule is O=C(NC(Cc1ccccc1)C(=O)N1CCCC1)C1Cc2ccccc2S1. The van der Waals surface area contributed by atoms with Crippen LogP contribution in [0.2, 0.25) is 0 Å². The number of carbonyl (C=O) groups is 2. The van der Waals surface area contributed by atoms with Crippen LogP contribution in [0.5, 0.6) is 0 Å². The highest BCUT2D eigenvalue weighted by atomic mass is 32.2. The van der Waals surface area contributed by atoms with E-state index in [0.29, 0.717) is 6.42 Å². The third-order valence-electron chi connectivity index (χ3n) is 5.25. The molecule has 0 aromatic heterocycles. The maximum absolute atomic E-state index is 13.0. The van der Waals surface area contributed by atoms with E-state index in [1.54, 1.807) is 11.8 Å². The highest BCUT2D eigenvalue weighted by Crippen LogP contribution is 2.36. The third-order valence-corrected chi connectivity index (χ3v) is 6.57. The summed E-state index contributed by atoms with van der Waals surface area (Å²) in [6, 6.07) is 17.6. The summed E-state index contributed by atoms with van der Waals surface area (Å²) in [6.45, 7) is 1.59. The van der Waals surface area contributed by atoms with Gasteiger partial charge in [-0.15, -0.1) is 11.8 Å². The largest absolute Gasteiger partial charge is 0.343 e. The van der Waals surface area contributed by atoms with E-state index in [1.165, 1.54) is 10.5 Å². The zero-order chi connectivity index (χ0) is 18.6. The van der Waals surface area contributed by atoms with Crippen LogP contribution in [0.25, 0.3) is 0 Å². The van der Waals surface area contributed by atoms with Gasteiger partial charge >= 0.3 is 0 Å². The van der Waals surface area contributed by atoms with Gasteiger partial charge in [-0.05, 0) is 36.5 Å². The zero-order valence-electron chi connectivity index (χ0n) is 15.3. The number of benzene rings is 2. The van der Waals surface area contributed by atoms with E-state index < -0.39 is 6.04 Å². The first-order chi connectivity index (χ1) is 13.2. The Morgan fingerprint density at radius 2 is 1.74 bits per heavy atom. The lowest BCUT2D eigenvalue weighted by molar-refractivity contribution is -0.135. The van der Waals surface area contributed by atoms with Crippen molar-refractivity contribution in [1.29, 1.82) is 0 Å². The van der Waals surface area contributed by atoms with Crippen molar-refractivity contribution in [2.45, 2.75) is 41.9 Å². The van der Waals surface area contributed by atoms with Crippen LogP contribution in [0, 0.1) is 0 Å². The van der Waals surface area contributed by atoms with Crippen molar-refractivity contribution >= 4 is 23.6 Å². The number of nitrogens with zero attached hydrogens (tertiary/aromatic N) is 1. The number of carbonyl (C=O) groups excluding carboxylic acids is 2. The first kappa shape index (κ1) is 18.1. The van der Waals surface area contributed by atoms with Crippen LogP contribution in [-0.2, 0) is 22.4 Å². The summed E-state index contributed by atoms with van der Waals surface area (Å²) in [6.07, 6.45) is 3.35. The Bertz CT molecular complexity index is 793. The predicted molar refractivity (Wildman–Crippen MR) is 108 cm³/mol. The predicted octanol–water partition coefficient (Wildman–Crippen LogP) is 3.05. The smallest absolute Gasteiger partial charge is 0.245 e. The number of hydrogen-bond acceptors (Lipinski definition) is 3. The van der Waals surface area contributed by atoms with Crippen molar-refractivity contribution in [2.24, 2.45) is 0 Å². The van der Waals surface area contributed by atoms with E-state index in [9.17, 15) is 9.59 Å². The first-order valence-corrected chi connectivity index (χ1v) is 10.5. The lowest BCUT2D eigenvalue weighted by atomic mass is 10.0. The van der Waals surface area contributed by atoms with Gasteiger partial charge in [-0.25, -0.2) is 0 Å². The Labute approximate surface area is 164 Å². The van der Waals surface area contributed by atoms with Crippen LogP contribution < -0.4 is 5.32 Å². The second-order valence-corrected chi connectivity index (χ2v) is 8.45. The van der Waals surface area contributed by atoms with E-state index >= 15 is 0 Å². The fraction of sp³-hybridized carbons (Fsp3) is 0.364. The molecule has 2 aliphatic rings. The molecule has 0 saturated carbocycles. The monoisotopic (exact) mass is 380 g/mol. The number of amides is 2. The van der Waals surface area contributed by atoms with Crippen LogP contribution >= 0.6 is 11.8 Å². The van der Waals surface area contributed by atoms with Gasteiger partial charge in [0.05, 0.1) is 5.25 Å². The lowest BCUT2D eigenvalue weighted by Crippen LogP contribution is -2.51. The maximum Gasteiger partial charge on any atom is 0.245 e. The van der Waals surface area contributed by atoms with Gasteiger partial charge in [0.2, 0.25) is 11.8 Å². The molecule has 27 heavy (non-hydrogen) atoms. The van der Waals surface area contributed by atoms with Gasteiger partial charge in [0.15, 0.2) is 0 Å². The molecule has 5 heteroatoms. The van der Waals surface area contributed by atoms with Crippen molar-refractivity contribution in [2.75, 3.05) is 13.1 Å². The Morgan fingerprint density at radius 3 is 2.48 bits per heavy atom. The van der Waals surface area contributed by atoms with Gasteiger partial charge < -0.3 is 10.2 Å². The highest BCUT2D eigenvalue weighted by molar-refractivity contribution is 8.01. The summed E-state index contributed by atoms with van der Waals surface area (Å²) in [5.41, 5.74) is 2.28. The van der Waals surface area contributed by atoms with Gasteiger partial charge in [-0.2, -0.15) is 0 Å². The van der Waals surface area contributed by atoms with Gasteiger partial charge in [-0.3, -0.25) is 9.59 Å². The van der Waals surface area contributed by atoms with Crippen molar-refractivity contribution in [3.8, 4) is 0 Å². The van der Waals surface area contributed by atoms with Crippen molar-refractivity contribution in [1.82, 2.24) is 10.2 Å². The van der Waals surface area contributed by atoms with E-state index in [1.807, 2.05) is 47.4 Å². The molecule has 2 heterocycles. The topological polar surface area (TPSA) is 49.4 Å². The average molecular weight is 381 g/mol. The summed E-state index contributed by atoms with van der Waals surface area (Å²) >= 11 is 1.60. The fourth-order valence-electron chi connectivity index (χ4n) is 3.80. The van der Waals surface area contributed by atoms with E-state index in [4.69, 9.17) is 0 Å². The van der Waals surface area contributed by atoms with Crippen LogP contribution in [0.1, 0.15) is 24.0 Å². The Kier molecular flexibility index (Phi) is 5.48. The van der Waals surface area contributed by atoms with Gasteiger partial charge in [-0.1, -0.05) is 48.5 Å². The highest BCUT2D eigenvalue weighted by Gasteiger charge is 2.33. The molecule has 2 aromatic carbocycles. The molecule has 1 fully saturated rings. The van der Waals surface area contributed by atoms with E-state index in [0.717, 1.165) is 37.9 Å². The van der Waals surface area contributed by atoms with Crippen molar-refractivity contribution < 1.29 is 9.59 Å². The molecular formula is C22H24N2O2S. The fourth-order valence-corrected chi connectivity index (χ4v) is 5.01. The molecule has 0 spiro atoms. The second-order valence-electron chi connectivity index (χ2n) is 7.20. The Morgan fingerprint density at radius 1 is 1.04 bits per heavy atom. The summed E-state index contributed by atoms with van der Waals surface area (Å²) in [5, 5.41) is 2.91. The normalized spacial score (nSPS) is 19.6. The minimum Gasteiger partial charge on any atom is -0.343 e. The number of fused-ring (bicyclic) bond motifs is 1. The molecule has 2 amide bonds. The van der Waals surface area contributed by atoms with Gasteiger partial charge in [0, 0.05) is 24.4 Å². The molecule has 4 rings (SSSR count).